The number of hydrogen-bond acceptors (Lipinski definition) is 8. The lowest BCUT2D eigenvalue weighted by atomic mass is 9.97. The Labute approximate surface area is 218 Å². The van der Waals surface area contributed by atoms with Gasteiger partial charge in [-0.05, 0) is 68.8 Å². The van der Waals surface area contributed by atoms with Gasteiger partial charge in [-0.2, -0.15) is 9.61 Å². The lowest BCUT2D eigenvalue weighted by Gasteiger charge is -2.24. The first kappa shape index (κ1) is 25.2. The fraction of sp³-hybridized carbons (Fsp3) is 0.385. The van der Waals surface area contributed by atoms with Crippen molar-refractivity contribution in [3.63, 3.8) is 0 Å². The number of imidazole rings is 1. The van der Waals surface area contributed by atoms with E-state index in [9.17, 15) is 14.3 Å². The number of nitrogens with zero attached hydrogens (tertiary/aromatic N) is 4. The Hall–Kier alpha value is -3.41. The normalized spacial score (nSPS) is 15.1. The molecule has 0 aliphatic carbocycles. The van der Waals surface area contributed by atoms with Crippen molar-refractivity contribution in [2.24, 2.45) is 5.92 Å². The molecule has 4 heterocycles. The van der Waals surface area contributed by atoms with E-state index in [-0.39, 0.29) is 24.2 Å². The fourth-order valence-corrected chi connectivity index (χ4v) is 5.24. The zero-order chi connectivity index (χ0) is 25.8. The lowest BCUT2D eigenvalue weighted by molar-refractivity contribution is -0.126. The number of fused-ring (bicyclic) bond motifs is 1. The number of aliphatic hydroxyl groups is 1. The monoisotopic (exact) mass is 523 g/mol. The van der Waals surface area contributed by atoms with Gasteiger partial charge in [-0.25, -0.2) is 14.4 Å². The first-order valence-corrected chi connectivity index (χ1v) is 13.4. The molecule has 37 heavy (non-hydrogen) atoms. The van der Waals surface area contributed by atoms with Gasteiger partial charge in [-0.15, -0.1) is 11.3 Å². The number of aromatic nitrogens is 4. The lowest BCUT2D eigenvalue weighted by Crippen LogP contribution is -2.40. The van der Waals surface area contributed by atoms with E-state index >= 15 is 0 Å². The van der Waals surface area contributed by atoms with Crippen LogP contribution in [0.3, 0.4) is 0 Å². The first-order chi connectivity index (χ1) is 18.1. The van der Waals surface area contributed by atoms with Crippen molar-refractivity contribution in [1.29, 1.82) is 0 Å². The molecule has 0 radical (unpaired) electrons. The van der Waals surface area contributed by atoms with Gasteiger partial charge in [-0.1, -0.05) is 6.92 Å². The van der Waals surface area contributed by atoms with Crippen LogP contribution < -0.4 is 16.0 Å². The number of carbonyl (C=O) groups is 1. The maximum Gasteiger partial charge on any atom is 0.223 e. The van der Waals surface area contributed by atoms with E-state index in [0.29, 0.717) is 24.3 Å². The SMILES string of the molecule is CCc1nc2ccc(C(CO)NC(=O)C3CCNCC3)nn2c1NCc1nc(-c2ccc(F)cc2)cs1. The topological polar surface area (TPSA) is 116 Å². The number of halogens is 1. The molecule has 5 rings (SSSR count). The number of carbonyl (C=O) groups excluding carboxylic acids is 1. The van der Waals surface area contributed by atoms with Crippen molar-refractivity contribution in [2.45, 2.75) is 38.8 Å². The van der Waals surface area contributed by atoms with Crippen molar-refractivity contribution in [3.8, 4) is 11.3 Å². The minimum atomic E-state index is -0.607. The summed E-state index contributed by atoms with van der Waals surface area (Å²) in [7, 11) is 0. The fourth-order valence-electron chi connectivity index (χ4n) is 4.49. The molecule has 4 N–H and O–H groups in total. The zero-order valence-corrected chi connectivity index (χ0v) is 21.4. The van der Waals surface area contributed by atoms with E-state index in [1.807, 2.05) is 18.4 Å². The zero-order valence-electron chi connectivity index (χ0n) is 20.6. The second-order valence-electron chi connectivity index (χ2n) is 9.04. The first-order valence-electron chi connectivity index (χ1n) is 12.5. The Kier molecular flexibility index (Phi) is 7.73. The summed E-state index contributed by atoms with van der Waals surface area (Å²) in [6, 6.07) is 9.33. The third-order valence-electron chi connectivity index (χ3n) is 6.57. The van der Waals surface area contributed by atoms with Gasteiger partial charge in [0.15, 0.2) is 11.5 Å². The number of thiazole rings is 1. The van der Waals surface area contributed by atoms with Gasteiger partial charge in [0.25, 0.3) is 0 Å². The molecule has 0 saturated carbocycles. The Morgan fingerprint density at radius 1 is 1.22 bits per heavy atom. The van der Waals surface area contributed by atoms with Crippen LogP contribution in [-0.4, -0.2) is 50.3 Å². The van der Waals surface area contributed by atoms with Gasteiger partial charge in [0, 0.05) is 16.9 Å². The Bertz CT molecular complexity index is 1370. The Morgan fingerprint density at radius 3 is 2.73 bits per heavy atom. The molecule has 1 fully saturated rings. The number of piperidine rings is 1. The highest BCUT2D eigenvalue weighted by Gasteiger charge is 2.25. The predicted octanol–water partition coefficient (Wildman–Crippen LogP) is 3.32. The Morgan fingerprint density at radius 2 is 2.00 bits per heavy atom. The van der Waals surface area contributed by atoms with Crippen molar-refractivity contribution in [2.75, 3.05) is 25.0 Å². The highest BCUT2D eigenvalue weighted by atomic mass is 32.1. The summed E-state index contributed by atoms with van der Waals surface area (Å²) in [5.41, 5.74) is 3.76. The maximum absolute atomic E-state index is 13.3. The van der Waals surface area contributed by atoms with E-state index < -0.39 is 6.04 Å². The molecule has 11 heteroatoms. The molecule has 1 aromatic carbocycles. The van der Waals surface area contributed by atoms with E-state index in [2.05, 4.69) is 20.9 Å². The largest absolute Gasteiger partial charge is 0.394 e. The molecule has 9 nitrogen and oxygen atoms in total. The van der Waals surface area contributed by atoms with Crippen molar-refractivity contribution in [1.82, 2.24) is 30.2 Å². The number of aryl methyl sites for hydroxylation is 1. The van der Waals surface area contributed by atoms with E-state index in [4.69, 9.17) is 10.1 Å². The van der Waals surface area contributed by atoms with Gasteiger partial charge in [0.1, 0.15) is 10.8 Å². The molecule has 1 atom stereocenters. The summed E-state index contributed by atoms with van der Waals surface area (Å²) in [6.45, 7) is 3.88. The second-order valence-corrected chi connectivity index (χ2v) is 9.99. The third-order valence-corrected chi connectivity index (χ3v) is 7.42. The molecule has 1 amide bonds. The highest BCUT2D eigenvalue weighted by molar-refractivity contribution is 7.10. The molecule has 4 aromatic rings. The molecule has 194 valence electrons. The number of benzene rings is 1. The van der Waals surface area contributed by atoms with Crippen molar-refractivity contribution >= 4 is 28.7 Å². The van der Waals surface area contributed by atoms with Crippen LogP contribution in [0.15, 0.2) is 41.8 Å². The number of amides is 1. The van der Waals surface area contributed by atoms with Crippen LogP contribution in [0.2, 0.25) is 0 Å². The smallest absolute Gasteiger partial charge is 0.223 e. The summed E-state index contributed by atoms with van der Waals surface area (Å²) in [5, 5.41) is 27.3. The quantitative estimate of drug-likeness (QED) is 0.266. The van der Waals surface area contributed by atoms with Crippen LogP contribution in [0.4, 0.5) is 10.2 Å². The van der Waals surface area contributed by atoms with Crippen LogP contribution in [0.5, 0.6) is 0 Å². The van der Waals surface area contributed by atoms with Crippen LogP contribution >= 0.6 is 11.3 Å². The van der Waals surface area contributed by atoms with Gasteiger partial charge in [-0.3, -0.25) is 4.79 Å². The summed E-state index contributed by atoms with van der Waals surface area (Å²) >= 11 is 1.52. The average Bonchev–Trinajstić information content (AvgIpc) is 3.55. The molecule has 1 saturated heterocycles. The van der Waals surface area contributed by atoms with Crippen LogP contribution in [0.25, 0.3) is 16.9 Å². The molecule has 1 unspecified atom stereocenters. The summed E-state index contributed by atoms with van der Waals surface area (Å²) in [5.74, 6) is 0.358. The standard InChI is InChI=1S/C26H30FN7O2S/c1-2-19-25(29-13-24-31-22(15-37-24)16-3-5-18(27)6-4-16)34-23(30-19)8-7-20(33-34)21(14-35)32-26(36)17-9-11-28-12-10-17/h3-8,15,17,21,28-29,35H,2,9-14H2,1H3,(H,32,36). The van der Waals surface area contributed by atoms with Gasteiger partial charge in [0.05, 0.1) is 36.3 Å². The van der Waals surface area contributed by atoms with Crippen molar-refractivity contribution < 1.29 is 14.3 Å². The molecule has 0 spiro atoms. The van der Waals surface area contributed by atoms with Crippen LogP contribution in [0, 0.1) is 11.7 Å². The van der Waals surface area contributed by atoms with Gasteiger partial charge < -0.3 is 21.1 Å². The van der Waals surface area contributed by atoms with Gasteiger partial charge in [0.2, 0.25) is 5.91 Å². The van der Waals surface area contributed by atoms with E-state index in [0.717, 1.165) is 53.7 Å². The summed E-state index contributed by atoms with van der Waals surface area (Å²) < 4.78 is 15.0. The van der Waals surface area contributed by atoms with Crippen LogP contribution in [-0.2, 0) is 17.8 Å². The molecule has 1 aliphatic rings. The molecular weight excluding hydrogens is 493 g/mol. The third kappa shape index (κ3) is 5.63. The minimum absolute atomic E-state index is 0.0543. The number of nitrogens with one attached hydrogen (secondary N) is 3. The number of anilines is 1. The molecule has 1 aliphatic heterocycles. The summed E-state index contributed by atoms with van der Waals surface area (Å²) in [6.07, 6.45) is 2.27. The molecule has 0 bridgehead atoms. The van der Waals surface area contributed by atoms with Gasteiger partial charge >= 0.3 is 0 Å². The number of aliphatic hydroxyl groups excluding tert-OH is 1. The Balaban J connectivity index is 1.34. The molecular formula is C26H30FN7O2S. The summed E-state index contributed by atoms with van der Waals surface area (Å²) in [4.78, 5) is 22.1. The predicted molar refractivity (Wildman–Crippen MR) is 141 cm³/mol. The van der Waals surface area contributed by atoms with E-state index in [1.54, 1.807) is 22.7 Å². The van der Waals surface area contributed by atoms with E-state index in [1.165, 1.54) is 23.5 Å². The average molecular weight is 524 g/mol. The second kappa shape index (κ2) is 11.3. The van der Waals surface area contributed by atoms with Crippen LogP contribution in [0.1, 0.15) is 42.2 Å². The highest BCUT2D eigenvalue weighted by Crippen LogP contribution is 2.25. The van der Waals surface area contributed by atoms with Crippen molar-refractivity contribution in [3.05, 3.63) is 64.0 Å². The minimum Gasteiger partial charge on any atom is -0.394 e. The number of hydrogen-bond donors (Lipinski definition) is 4. The number of rotatable bonds is 9. The molecule has 3 aromatic heterocycles. The maximum atomic E-state index is 13.3.